The Morgan fingerprint density at radius 2 is 1.96 bits per heavy atom. The average Bonchev–Trinajstić information content (AvgIpc) is 3.18. The Labute approximate surface area is 153 Å². The van der Waals surface area contributed by atoms with Gasteiger partial charge in [-0.2, -0.15) is 0 Å². The van der Waals surface area contributed by atoms with E-state index < -0.39 is 0 Å². The molecule has 1 aromatic carbocycles. The molecule has 1 aromatic rings. The zero-order valence-electron chi connectivity index (χ0n) is 13.7. The first-order chi connectivity index (χ1) is 11.6. The number of hydrazine groups is 1. The van der Waals surface area contributed by atoms with Gasteiger partial charge in [-0.25, -0.2) is 0 Å². The molecule has 3 rings (SSSR count). The molecule has 2 aliphatic carbocycles. The molecule has 3 atom stereocenters. The van der Waals surface area contributed by atoms with E-state index in [1.54, 1.807) is 0 Å². The molecule has 3 N–H and O–H groups in total. The lowest BCUT2D eigenvalue weighted by atomic mass is 9.86. The zero-order chi connectivity index (χ0) is 16.9. The molecule has 0 aromatic heterocycles. The maximum atomic E-state index is 12.0. The molecule has 1 amide bonds. The lowest BCUT2D eigenvalue weighted by molar-refractivity contribution is -0.122. The molecule has 2 aliphatic rings. The highest BCUT2D eigenvalue weighted by molar-refractivity contribution is 7.80. The van der Waals surface area contributed by atoms with Crippen molar-refractivity contribution in [3.05, 3.63) is 34.9 Å². The number of carbonyl (C=O) groups excluding carboxylic acids is 1. The number of carbonyl (C=O) groups is 1. The third kappa shape index (κ3) is 4.84. The van der Waals surface area contributed by atoms with Crippen LogP contribution in [0.3, 0.4) is 0 Å². The SMILES string of the molecule is O=C(C[C@H]1C[C@@H]2CC[C@@H]1C2)NNC(=S)NCCc1ccc(Cl)cc1. The van der Waals surface area contributed by atoms with Crippen LogP contribution < -0.4 is 16.2 Å². The van der Waals surface area contributed by atoms with Crippen molar-refractivity contribution in [1.29, 1.82) is 0 Å². The number of amides is 1. The van der Waals surface area contributed by atoms with Gasteiger partial charge < -0.3 is 5.32 Å². The Kier molecular flexibility index (Phi) is 5.95. The number of halogens is 1. The lowest BCUT2D eigenvalue weighted by Gasteiger charge is -2.21. The highest BCUT2D eigenvalue weighted by Gasteiger charge is 2.40. The Bertz CT molecular complexity index is 592. The van der Waals surface area contributed by atoms with Crippen LogP contribution in [0, 0.1) is 17.8 Å². The van der Waals surface area contributed by atoms with Crippen LogP contribution in [0.25, 0.3) is 0 Å². The predicted octanol–water partition coefficient (Wildman–Crippen LogP) is 3.20. The minimum Gasteiger partial charge on any atom is -0.361 e. The van der Waals surface area contributed by atoms with Crippen molar-refractivity contribution in [2.24, 2.45) is 17.8 Å². The molecule has 0 spiro atoms. The molecule has 130 valence electrons. The van der Waals surface area contributed by atoms with E-state index in [0.717, 1.165) is 23.3 Å². The highest BCUT2D eigenvalue weighted by atomic mass is 35.5. The summed E-state index contributed by atoms with van der Waals surface area (Å²) in [4.78, 5) is 12.0. The first kappa shape index (κ1) is 17.5. The van der Waals surface area contributed by atoms with Gasteiger partial charge in [-0.3, -0.25) is 15.6 Å². The summed E-state index contributed by atoms with van der Waals surface area (Å²) in [7, 11) is 0. The van der Waals surface area contributed by atoms with E-state index >= 15 is 0 Å². The van der Waals surface area contributed by atoms with Crippen LogP contribution in [0.4, 0.5) is 0 Å². The van der Waals surface area contributed by atoms with E-state index in [1.165, 1.54) is 31.2 Å². The van der Waals surface area contributed by atoms with E-state index in [1.807, 2.05) is 24.3 Å². The van der Waals surface area contributed by atoms with Gasteiger partial charge in [-0.15, -0.1) is 0 Å². The van der Waals surface area contributed by atoms with Crippen molar-refractivity contribution in [2.45, 2.75) is 38.5 Å². The van der Waals surface area contributed by atoms with Gasteiger partial charge in [0.25, 0.3) is 0 Å². The number of rotatable bonds is 5. The summed E-state index contributed by atoms with van der Waals surface area (Å²) >= 11 is 11.0. The molecule has 4 nitrogen and oxygen atoms in total. The molecular formula is C18H24ClN3OS. The minimum absolute atomic E-state index is 0.0365. The Balaban J connectivity index is 1.29. The number of benzene rings is 1. The Morgan fingerprint density at radius 3 is 2.62 bits per heavy atom. The first-order valence-electron chi connectivity index (χ1n) is 8.67. The maximum Gasteiger partial charge on any atom is 0.238 e. The van der Waals surface area contributed by atoms with Crippen molar-refractivity contribution in [2.75, 3.05) is 6.54 Å². The summed E-state index contributed by atoms with van der Waals surface area (Å²) in [5.41, 5.74) is 6.70. The highest BCUT2D eigenvalue weighted by Crippen LogP contribution is 2.49. The van der Waals surface area contributed by atoms with Gasteiger partial charge in [0, 0.05) is 18.0 Å². The van der Waals surface area contributed by atoms with E-state index in [0.29, 0.717) is 24.0 Å². The van der Waals surface area contributed by atoms with Crippen LogP contribution in [-0.2, 0) is 11.2 Å². The minimum atomic E-state index is 0.0365. The van der Waals surface area contributed by atoms with E-state index in [-0.39, 0.29) is 5.91 Å². The smallest absolute Gasteiger partial charge is 0.238 e. The second-order valence-electron chi connectivity index (χ2n) is 6.94. The molecule has 6 heteroatoms. The van der Waals surface area contributed by atoms with Gasteiger partial charge in [0.05, 0.1) is 0 Å². The molecule has 2 saturated carbocycles. The maximum absolute atomic E-state index is 12.0. The second kappa shape index (κ2) is 8.17. The van der Waals surface area contributed by atoms with Gasteiger partial charge in [-0.1, -0.05) is 30.2 Å². The zero-order valence-corrected chi connectivity index (χ0v) is 15.3. The summed E-state index contributed by atoms with van der Waals surface area (Å²) in [5, 5.41) is 4.28. The topological polar surface area (TPSA) is 53.2 Å². The van der Waals surface area contributed by atoms with Crippen LogP contribution in [0.2, 0.25) is 5.02 Å². The largest absolute Gasteiger partial charge is 0.361 e. The Morgan fingerprint density at radius 1 is 1.17 bits per heavy atom. The van der Waals surface area contributed by atoms with Gasteiger partial charge in [0.1, 0.15) is 0 Å². The Hall–Kier alpha value is -1.33. The summed E-state index contributed by atoms with van der Waals surface area (Å²) < 4.78 is 0. The molecule has 0 unspecified atom stereocenters. The van der Waals surface area contributed by atoms with Gasteiger partial charge in [0.2, 0.25) is 5.91 Å². The van der Waals surface area contributed by atoms with Gasteiger partial charge >= 0.3 is 0 Å². The average molecular weight is 366 g/mol. The van der Waals surface area contributed by atoms with Crippen molar-refractivity contribution in [1.82, 2.24) is 16.2 Å². The molecule has 0 aliphatic heterocycles. The van der Waals surface area contributed by atoms with Crippen molar-refractivity contribution < 1.29 is 4.79 Å². The fourth-order valence-electron chi connectivity index (χ4n) is 4.06. The monoisotopic (exact) mass is 365 g/mol. The normalized spacial score (nSPS) is 24.6. The van der Waals surface area contributed by atoms with Crippen molar-refractivity contribution in [3.63, 3.8) is 0 Å². The second-order valence-corrected chi connectivity index (χ2v) is 7.79. The molecule has 0 radical (unpaired) electrons. The summed E-state index contributed by atoms with van der Waals surface area (Å²) in [6, 6.07) is 7.75. The third-order valence-corrected chi connectivity index (χ3v) is 5.76. The van der Waals surface area contributed by atoms with Crippen molar-refractivity contribution >= 4 is 34.8 Å². The number of hydrogen-bond donors (Lipinski definition) is 3. The van der Waals surface area contributed by atoms with Crippen LogP contribution in [0.15, 0.2) is 24.3 Å². The predicted molar refractivity (Wildman–Crippen MR) is 101 cm³/mol. The van der Waals surface area contributed by atoms with E-state index in [2.05, 4.69) is 16.2 Å². The number of thiocarbonyl (C=S) groups is 1. The summed E-state index contributed by atoms with van der Waals surface area (Å²) in [5.74, 6) is 2.24. The fraction of sp³-hybridized carbons (Fsp3) is 0.556. The molecule has 2 bridgehead atoms. The molecule has 0 heterocycles. The standard InChI is InChI=1S/C18H24ClN3OS/c19-16-5-2-12(3-6-16)7-8-20-18(24)22-21-17(23)11-15-10-13-1-4-14(15)9-13/h2-3,5-6,13-15H,1,4,7-11H2,(H,21,23)(H2,20,22,24)/t13-,14-,15-/m1/s1. The third-order valence-electron chi connectivity index (χ3n) is 5.26. The van der Waals surface area contributed by atoms with Crippen LogP contribution >= 0.6 is 23.8 Å². The van der Waals surface area contributed by atoms with E-state index in [4.69, 9.17) is 23.8 Å². The van der Waals surface area contributed by atoms with Gasteiger partial charge in [-0.05, 0) is 73.4 Å². The molecular weight excluding hydrogens is 342 g/mol. The summed E-state index contributed by atoms with van der Waals surface area (Å²) in [6.45, 7) is 0.704. The molecule has 24 heavy (non-hydrogen) atoms. The fourth-order valence-corrected chi connectivity index (χ4v) is 4.34. The molecule has 2 fully saturated rings. The van der Waals surface area contributed by atoms with Crippen LogP contribution in [0.1, 0.15) is 37.7 Å². The summed E-state index contributed by atoms with van der Waals surface area (Å²) in [6.07, 6.45) is 6.68. The lowest BCUT2D eigenvalue weighted by Crippen LogP contribution is -2.47. The number of hydrogen-bond acceptors (Lipinski definition) is 2. The van der Waals surface area contributed by atoms with Crippen LogP contribution in [-0.4, -0.2) is 17.6 Å². The van der Waals surface area contributed by atoms with Crippen molar-refractivity contribution in [3.8, 4) is 0 Å². The van der Waals surface area contributed by atoms with Gasteiger partial charge in [0.15, 0.2) is 5.11 Å². The van der Waals surface area contributed by atoms with Crippen LogP contribution in [0.5, 0.6) is 0 Å². The number of fused-ring (bicyclic) bond motifs is 2. The quantitative estimate of drug-likeness (QED) is 0.554. The number of nitrogens with one attached hydrogen (secondary N) is 3. The van der Waals surface area contributed by atoms with E-state index in [9.17, 15) is 4.79 Å². The first-order valence-corrected chi connectivity index (χ1v) is 9.46. The molecule has 0 saturated heterocycles.